The summed E-state index contributed by atoms with van der Waals surface area (Å²) in [5.41, 5.74) is 1.32. The predicted molar refractivity (Wildman–Crippen MR) is 62.9 cm³/mol. The Balaban J connectivity index is -0.0000000327. The van der Waals surface area contributed by atoms with Gasteiger partial charge in [-0.05, 0) is 6.92 Å². The molecule has 1 aromatic carbocycles. The number of hydrogen-bond donors (Lipinski definition) is 0. The maximum atomic E-state index is 2.08. The third-order valence-corrected chi connectivity index (χ3v) is 0.940. The van der Waals surface area contributed by atoms with Crippen LogP contribution < -0.4 is 0 Å². The van der Waals surface area contributed by atoms with Gasteiger partial charge in [-0.25, -0.2) is 0 Å². The molecule has 1 aromatic rings. The van der Waals surface area contributed by atoms with Crippen LogP contribution in [0.15, 0.2) is 30.3 Å². The number of aryl methyl sites for hydroxylation is 1. The average molecular weight is 279 g/mol. The SMILES string of the molecule is Cc1ccccc1.Cl.Cl.Cl.[AlH3].[Ti]. The first-order chi connectivity index (χ1) is 3.39. The van der Waals surface area contributed by atoms with E-state index in [9.17, 15) is 0 Å². The fourth-order valence-electron chi connectivity index (χ4n) is 0.534. The van der Waals surface area contributed by atoms with Gasteiger partial charge in [0.1, 0.15) is 0 Å². The monoisotopic (exact) mass is 278 g/mol. The van der Waals surface area contributed by atoms with Crippen LogP contribution in [0.25, 0.3) is 0 Å². The van der Waals surface area contributed by atoms with Crippen molar-refractivity contribution in [1.82, 2.24) is 0 Å². The van der Waals surface area contributed by atoms with E-state index in [4.69, 9.17) is 0 Å². The predicted octanol–water partition coefficient (Wildman–Crippen LogP) is 2.07. The van der Waals surface area contributed by atoms with Crippen LogP contribution in [0.2, 0.25) is 0 Å². The first-order valence-electron chi connectivity index (χ1n) is 2.41. The van der Waals surface area contributed by atoms with Crippen molar-refractivity contribution >= 4 is 54.6 Å². The number of halogens is 3. The van der Waals surface area contributed by atoms with Crippen molar-refractivity contribution in [3.63, 3.8) is 0 Å². The van der Waals surface area contributed by atoms with Crippen LogP contribution in [-0.4, -0.2) is 17.4 Å². The molecular formula is C7H14AlCl3Ti. The first kappa shape index (κ1) is 29.2. The average Bonchev–Trinajstić information content (AvgIpc) is 1.69. The molecule has 0 radical (unpaired) electrons. The van der Waals surface area contributed by atoms with Gasteiger partial charge in [0.25, 0.3) is 0 Å². The van der Waals surface area contributed by atoms with Crippen LogP contribution in [0.5, 0.6) is 0 Å². The van der Waals surface area contributed by atoms with Gasteiger partial charge in [-0.15, -0.1) is 37.2 Å². The Morgan fingerprint density at radius 1 is 0.833 bits per heavy atom. The molecule has 0 N–H and O–H groups in total. The maximum absolute atomic E-state index is 2.08. The molecule has 0 aliphatic heterocycles. The molecule has 0 atom stereocenters. The summed E-state index contributed by atoms with van der Waals surface area (Å²) in [4.78, 5) is 0. The molecule has 0 amide bonds. The van der Waals surface area contributed by atoms with E-state index in [0.29, 0.717) is 0 Å². The Morgan fingerprint density at radius 3 is 1.33 bits per heavy atom. The van der Waals surface area contributed by atoms with E-state index < -0.39 is 0 Å². The Kier molecular flexibility index (Phi) is 44.3. The molecule has 0 fully saturated rings. The molecule has 12 heavy (non-hydrogen) atoms. The molecule has 70 valence electrons. The number of benzene rings is 1. The van der Waals surface area contributed by atoms with E-state index in [-0.39, 0.29) is 76.3 Å². The molecule has 0 bridgehead atoms. The van der Waals surface area contributed by atoms with Gasteiger partial charge in [-0.2, -0.15) is 0 Å². The summed E-state index contributed by atoms with van der Waals surface area (Å²) in [6.45, 7) is 2.08. The molecule has 0 saturated heterocycles. The van der Waals surface area contributed by atoms with Crippen molar-refractivity contribution in [2.24, 2.45) is 0 Å². The van der Waals surface area contributed by atoms with E-state index in [0.717, 1.165) is 0 Å². The molecule has 0 spiro atoms. The standard InChI is InChI=1S/C7H8.Al.3ClH.Ti.3H/c1-7-5-3-2-4-6-7;;;;;;;;/h2-6H,1H3;;3*1H;;;;. The number of hydrogen-bond acceptors (Lipinski definition) is 0. The molecule has 0 heterocycles. The summed E-state index contributed by atoms with van der Waals surface area (Å²) in [6, 6.07) is 10.3. The summed E-state index contributed by atoms with van der Waals surface area (Å²) in [7, 11) is 0. The van der Waals surface area contributed by atoms with E-state index in [1.165, 1.54) is 5.56 Å². The molecule has 0 aliphatic carbocycles. The fraction of sp³-hybridized carbons (Fsp3) is 0.143. The summed E-state index contributed by atoms with van der Waals surface area (Å²) < 4.78 is 0. The van der Waals surface area contributed by atoms with Crippen molar-refractivity contribution in [3.05, 3.63) is 35.9 Å². The van der Waals surface area contributed by atoms with Crippen molar-refractivity contribution in [1.29, 1.82) is 0 Å². The molecule has 0 aliphatic rings. The number of rotatable bonds is 0. The second kappa shape index (κ2) is 18.2. The minimum Gasteiger partial charge on any atom is -0.147 e. The largest absolute Gasteiger partial charge is 0.187 e. The second-order valence-corrected chi connectivity index (χ2v) is 1.65. The summed E-state index contributed by atoms with van der Waals surface area (Å²) in [6.07, 6.45) is 0. The van der Waals surface area contributed by atoms with Gasteiger partial charge in [-0.3, -0.25) is 0 Å². The topological polar surface area (TPSA) is 0 Å². The van der Waals surface area contributed by atoms with Crippen LogP contribution in [0.1, 0.15) is 5.56 Å². The molecule has 0 unspecified atom stereocenters. The van der Waals surface area contributed by atoms with Crippen LogP contribution in [-0.2, 0) is 21.7 Å². The first-order valence-corrected chi connectivity index (χ1v) is 2.41. The van der Waals surface area contributed by atoms with Gasteiger partial charge < -0.3 is 0 Å². The van der Waals surface area contributed by atoms with Gasteiger partial charge in [0, 0.05) is 21.7 Å². The molecule has 1 rings (SSSR count). The molecular weight excluding hydrogens is 265 g/mol. The van der Waals surface area contributed by atoms with Crippen LogP contribution in [0, 0.1) is 6.92 Å². The minimum absolute atomic E-state index is 0. The fourth-order valence-corrected chi connectivity index (χ4v) is 0.534. The van der Waals surface area contributed by atoms with Gasteiger partial charge in [-0.1, -0.05) is 35.9 Å². The minimum atomic E-state index is 0. The Hall–Kier alpha value is 1.34. The Labute approximate surface area is 118 Å². The van der Waals surface area contributed by atoms with E-state index in [1.54, 1.807) is 0 Å². The van der Waals surface area contributed by atoms with Gasteiger partial charge in [0.15, 0.2) is 17.4 Å². The van der Waals surface area contributed by atoms with Crippen LogP contribution in [0.4, 0.5) is 0 Å². The smallest absolute Gasteiger partial charge is 0.147 e. The van der Waals surface area contributed by atoms with E-state index in [1.807, 2.05) is 18.2 Å². The molecule has 5 heteroatoms. The molecule has 0 aromatic heterocycles. The zero-order chi connectivity index (χ0) is 5.11. The Morgan fingerprint density at radius 2 is 1.17 bits per heavy atom. The van der Waals surface area contributed by atoms with E-state index in [2.05, 4.69) is 19.1 Å². The van der Waals surface area contributed by atoms with Gasteiger partial charge in [0.2, 0.25) is 0 Å². The van der Waals surface area contributed by atoms with Crippen LogP contribution in [0.3, 0.4) is 0 Å². The van der Waals surface area contributed by atoms with Crippen molar-refractivity contribution in [3.8, 4) is 0 Å². The second-order valence-electron chi connectivity index (χ2n) is 1.65. The zero-order valence-corrected chi connectivity index (χ0v) is 10.1. The van der Waals surface area contributed by atoms with Crippen LogP contribution >= 0.6 is 37.2 Å². The molecule has 0 nitrogen and oxygen atoms in total. The third kappa shape index (κ3) is 13.9. The molecule has 0 saturated carbocycles. The van der Waals surface area contributed by atoms with Crippen molar-refractivity contribution in [2.45, 2.75) is 6.92 Å². The normalized spacial score (nSPS) is 5.08. The van der Waals surface area contributed by atoms with Gasteiger partial charge >= 0.3 is 0 Å². The van der Waals surface area contributed by atoms with Gasteiger partial charge in [0.05, 0.1) is 0 Å². The summed E-state index contributed by atoms with van der Waals surface area (Å²) >= 11 is 0. The maximum Gasteiger partial charge on any atom is 0.187 e. The summed E-state index contributed by atoms with van der Waals surface area (Å²) in [5, 5.41) is 0. The van der Waals surface area contributed by atoms with E-state index >= 15 is 0 Å². The van der Waals surface area contributed by atoms with Crippen molar-refractivity contribution < 1.29 is 21.7 Å². The Bertz CT molecular complexity index is 149. The summed E-state index contributed by atoms with van der Waals surface area (Å²) in [5.74, 6) is 0. The zero-order valence-electron chi connectivity index (χ0n) is 6.11. The van der Waals surface area contributed by atoms with Crippen molar-refractivity contribution in [2.75, 3.05) is 0 Å². The third-order valence-electron chi connectivity index (χ3n) is 0.940. The quantitative estimate of drug-likeness (QED) is 0.638.